The molecular weight excluding hydrogens is 304 g/mol. The van der Waals surface area contributed by atoms with Crippen molar-refractivity contribution < 1.29 is 19.1 Å². The molecule has 0 bridgehead atoms. The Bertz CT molecular complexity index is 772. The van der Waals surface area contributed by atoms with E-state index in [1.807, 2.05) is 30.3 Å². The van der Waals surface area contributed by atoms with Crippen LogP contribution in [-0.4, -0.2) is 18.4 Å². The summed E-state index contributed by atoms with van der Waals surface area (Å²) in [5.41, 5.74) is 0.868. The summed E-state index contributed by atoms with van der Waals surface area (Å²) >= 11 is 0. The first kappa shape index (κ1) is 16.2. The van der Waals surface area contributed by atoms with Gasteiger partial charge in [0.15, 0.2) is 5.78 Å². The third-order valence-electron chi connectivity index (χ3n) is 3.97. The van der Waals surface area contributed by atoms with Gasteiger partial charge in [-0.3, -0.25) is 9.59 Å². The van der Waals surface area contributed by atoms with E-state index in [-0.39, 0.29) is 24.3 Å². The molecule has 0 N–H and O–H groups in total. The second kappa shape index (κ2) is 6.11. The van der Waals surface area contributed by atoms with Crippen molar-refractivity contribution in [2.75, 3.05) is 6.61 Å². The van der Waals surface area contributed by atoms with Crippen LogP contribution in [0.1, 0.15) is 42.6 Å². The molecule has 4 nitrogen and oxygen atoms in total. The van der Waals surface area contributed by atoms with Crippen LogP contribution in [-0.2, 0) is 4.79 Å². The molecule has 124 valence electrons. The lowest BCUT2D eigenvalue weighted by Crippen LogP contribution is -2.27. The topological polar surface area (TPSA) is 52.6 Å². The second-order valence-corrected chi connectivity index (χ2v) is 6.94. The van der Waals surface area contributed by atoms with E-state index in [1.54, 1.807) is 39.0 Å². The Morgan fingerprint density at radius 3 is 2.50 bits per heavy atom. The number of benzene rings is 2. The fourth-order valence-corrected chi connectivity index (χ4v) is 2.52. The Hall–Kier alpha value is -2.62. The smallest absolute Gasteiger partial charge is 0.316 e. The average molecular weight is 324 g/mol. The highest BCUT2D eigenvalue weighted by molar-refractivity contribution is 6.04. The average Bonchev–Trinajstić information content (AvgIpc) is 2.55. The molecule has 0 spiro atoms. The van der Waals surface area contributed by atoms with Gasteiger partial charge in [-0.2, -0.15) is 0 Å². The zero-order valence-corrected chi connectivity index (χ0v) is 14.0. The summed E-state index contributed by atoms with van der Waals surface area (Å²) in [6.45, 7) is 5.65. The fourth-order valence-electron chi connectivity index (χ4n) is 2.52. The minimum atomic E-state index is -0.592. The number of carbonyl (C=O) groups excluding carboxylic acids is 2. The van der Waals surface area contributed by atoms with Crippen molar-refractivity contribution in [1.82, 2.24) is 0 Å². The molecule has 0 saturated carbocycles. The summed E-state index contributed by atoms with van der Waals surface area (Å²) < 4.78 is 11.1. The highest BCUT2D eigenvalue weighted by Crippen LogP contribution is 2.35. The molecule has 4 heteroatoms. The molecule has 2 aromatic rings. The number of fused-ring (bicyclic) bond motifs is 1. The van der Waals surface area contributed by atoms with Crippen LogP contribution >= 0.6 is 0 Å². The molecule has 1 unspecified atom stereocenters. The maximum Gasteiger partial charge on any atom is 0.316 e. The predicted molar refractivity (Wildman–Crippen MR) is 90.5 cm³/mol. The SMILES string of the molecule is CC(C)(C)C(=O)Oc1ccc2c(c1)OCC(c1ccccc1)C2=O. The molecule has 1 aliphatic rings. The number of ketones is 1. The van der Waals surface area contributed by atoms with Gasteiger partial charge >= 0.3 is 5.97 Å². The summed E-state index contributed by atoms with van der Waals surface area (Å²) in [7, 11) is 0. The minimum absolute atomic E-state index is 0.0242. The van der Waals surface area contributed by atoms with E-state index in [0.717, 1.165) is 5.56 Å². The van der Waals surface area contributed by atoms with Crippen LogP contribution in [0.5, 0.6) is 11.5 Å². The zero-order valence-electron chi connectivity index (χ0n) is 14.0. The van der Waals surface area contributed by atoms with Gasteiger partial charge in [0.1, 0.15) is 18.1 Å². The fraction of sp³-hybridized carbons (Fsp3) is 0.300. The molecule has 0 saturated heterocycles. The van der Waals surface area contributed by atoms with E-state index in [0.29, 0.717) is 17.1 Å². The third kappa shape index (κ3) is 3.18. The molecule has 1 atom stereocenters. The van der Waals surface area contributed by atoms with Gasteiger partial charge in [0.2, 0.25) is 0 Å². The van der Waals surface area contributed by atoms with Gasteiger partial charge in [0, 0.05) is 6.07 Å². The lowest BCUT2D eigenvalue weighted by atomic mass is 9.89. The monoisotopic (exact) mass is 324 g/mol. The Labute approximate surface area is 141 Å². The third-order valence-corrected chi connectivity index (χ3v) is 3.97. The van der Waals surface area contributed by atoms with Crippen LogP contribution in [0.3, 0.4) is 0 Å². The quantitative estimate of drug-likeness (QED) is 0.619. The van der Waals surface area contributed by atoms with Crippen LogP contribution < -0.4 is 9.47 Å². The summed E-state index contributed by atoms with van der Waals surface area (Å²) in [4.78, 5) is 24.7. The van der Waals surface area contributed by atoms with Crippen molar-refractivity contribution in [3.05, 3.63) is 59.7 Å². The molecule has 0 amide bonds. The van der Waals surface area contributed by atoms with Crippen molar-refractivity contribution in [3.8, 4) is 11.5 Å². The lowest BCUT2D eigenvalue weighted by molar-refractivity contribution is -0.143. The Morgan fingerprint density at radius 1 is 1.12 bits per heavy atom. The van der Waals surface area contributed by atoms with Gasteiger partial charge in [-0.15, -0.1) is 0 Å². The number of Topliss-reactive ketones (excluding diaryl/α,β-unsaturated/α-hetero) is 1. The Morgan fingerprint density at radius 2 is 1.83 bits per heavy atom. The van der Waals surface area contributed by atoms with E-state index in [9.17, 15) is 9.59 Å². The van der Waals surface area contributed by atoms with Crippen molar-refractivity contribution in [2.45, 2.75) is 26.7 Å². The molecule has 1 aliphatic heterocycles. The Balaban J connectivity index is 1.83. The lowest BCUT2D eigenvalue weighted by Gasteiger charge is -2.25. The maximum absolute atomic E-state index is 12.7. The number of rotatable bonds is 2. The molecule has 0 aliphatic carbocycles. The first-order valence-corrected chi connectivity index (χ1v) is 7.94. The largest absolute Gasteiger partial charge is 0.492 e. The van der Waals surface area contributed by atoms with Gasteiger partial charge in [0.25, 0.3) is 0 Å². The molecule has 0 aromatic heterocycles. The van der Waals surface area contributed by atoms with Gasteiger partial charge in [-0.25, -0.2) is 0 Å². The van der Waals surface area contributed by atoms with Crippen LogP contribution in [0.15, 0.2) is 48.5 Å². The van der Waals surface area contributed by atoms with E-state index in [2.05, 4.69) is 0 Å². The number of esters is 1. The summed E-state index contributed by atoms with van der Waals surface area (Å²) in [6, 6.07) is 14.5. The van der Waals surface area contributed by atoms with E-state index >= 15 is 0 Å². The van der Waals surface area contributed by atoms with Crippen LogP contribution in [0, 0.1) is 5.41 Å². The van der Waals surface area contributed by atoms with E-state index < -0.39 is 5.41 Å². The number of hydrogen-bond acceptors (Lipinski definition) is 4. The molecule has 2 aromatic carbocycles. The van der Waals surface area contributed by atoms with Gasteiger partial charge in [-0.05, 0) is 38.5 Å². The van der Waals surface area contributed by atoms with Gasteiger partial charge < -0.3 is 9.47 Å². The molecule has 0 fully saturated rings. The van der Waals surface area contributed by atoms with Gasteiger partial charge in [0.05, 0.1) is 16.9 Å². The first-order valence-electron chi connectivity index (χ1n) is 7.94. The highest BCUT2D eigenvalue weighted by atomic mass is 16.5. The first-order chi connectivity index (χ1) is 11.4. The van der Waals surface area contributed by atoms with E-state index in [4.69, 9.17) is 9.47 Å². The standard InChI is InChI=1S/C20H20O4/c1-20(2,3)19(22)24-14-9-10-15-17(11-14)23-12-16(18(15)21)13-7-5-4-6-8-13/h4-11,16H,12H2,1-3H3. The number of ether oxygens (including phenoxy) is 2. The van der Waals surface area contributed by atoms with Crippen molar-refractivity contribution in [1.29, 1.82) is 0 Å². The highest BCUT2D eigenvalue weighted by Gasteiger charge is 2.31. The van der Waals surface area contributed by atoms with Crippen molar-refractivity contribution in [3.63, 3.8) is 0 Å². The predicted octanol–water partition coefficient (Wildman–Crippen LogP) is 4.00. The number of hydrogen-bond donors (Lipinski definition) is 0. The van der Waals surface area contributed by atoms with Crippen molar-refractivity contribution in [2.24, 2.45) is 5.41 Å². The van der Waals surface area contributed by atoms with Crippen molar-refractivity contribution >= 4 is 11.8 Å². The molecule has 1 heterocycles. The van der Waals surface area contributed by atoms with Crippen LogP contribution in [0.4, 0.5) is 0 Å². The molecule has 3 rings (SSSR count). The summed E-state index contributed by atoms with van der Waals surface area (Å²) in [6.07, 6.45) is 0. The minimum Gasteiger partial charge on any atom is -0.492 e. The van der Waals surface area contributed by atoms with E-state index in [1.165, 1.54) is 0 Å². The second-order valence-electron chi connectivity index (χ2n) is 6.94. The molecule has 0 radical (unpaired) electrons. The van der Waals surface area contributed by atoms with Crippen LogP contribution in [0.25, 0.3) is 0 Å². The normalized spacial score (nSPS) is 17.0. The molecule has 24 heavy (non-hydrogen) atoms. The van der Waals surface area contributed by atoms with Gasteiger partial charge in [-0.1, -0.05) is 30.3 Å². The zero-order chi connectivity index (χ0) is 17.3. The number of carbonyl (C=O) groups is 2. The Kier molecular flexibility index (Phi) is 4.14. The maximum atomic E-state index is 12.7. The summed E-state index contributed by atoms with van der Waals surface area (Å²) in [5, 5.41) is 0. The summed E-state index contributed by atoms with van der Waals surface area (Å²) in [5.74, 6) is 0.246. The van der Waals surface area contributed by atoms with Crippen LogP contribution in [0.2, 0.25) is 0 Å². The molecular formula is C20H20O4.